The van der Waals surface area contributed by atoms with E-state index < -0.39 is 0 Å². The zero-order chi connectivity index (χ0) is 13.7. The van der Waals surface area contributed by atoms with Gasteiger partial charge in [-0.3, -0.25) is 5.43 Å². The van der Waals surface area contributed by atoms with E-state index in [4.69, 9.17) is 4.74 Å². The average Bonchev–Trinajstić information content (AvgIpc) is 2.43. The Kier molecular flexibility index (Phi) is 3.97. The summed E-state index contributed by atoms with van der Waals surface area (Å²) in [6.45, 7) is 0. The third-order valence-corrected chi connectivity index (χ3v) is 2.49. The number of rotatable bonds is 4. The fourth-order valence-electron chi connectivity index (χ4n) is 1.51. The molecule has 0 bridgehead atoms. The first-order valence-electron chi connectivity index (χ1n) is 5.61. The highest BCUT2D eigenvalue weighted by Crippen LogP contribution is 2.27. The highest BCUT2D eigenvalue weighted by molar-refractivity contribution is 5.85. The molecule has 0 unspecified atom stereocenters. The van der Waals surface area contributed by atoms with E-state index in [1.54, 1.807) is 30.3 Å². The molecule has 2 N–H and O–H groups in total. The minimum atomic E-state index is -0.306. The van der Waals surface area contributed by atoms with E-state index in [1.165, 1.54) is 25.5 Å². The molecule has 19 heavy (non-hydrogen) atoms. The van der Waals surface area contributed by atoms with Gasteiger partial charge in [0.15, 0.2) is 11.5 Å². The molecule has 0 aromatic heterocycles. The van der Waals surface area contributed by atoms with Gasteiger partial charge in [-0.25, -0.2) is 4.39 Å². The Hall–Kier alpha value is -2.56. The van der Waals surface area contributed by atoms with Crippen molar-refractivity contribution in [3.8, 4) is 11.5 Å². The van der Waals surface area contributed by atoms with Gasteiger partial charge in [-0.1, -0.05) is 6.07 Å². The van der Waals surface area contributed by atoms with Gasteiger partial charge in [-0.15, -0.1) is 0 Å². The standard InChI is InChI=1S/C14H13FN2O2/c1-19-13-4-2-3-10(14(13)18)9-16-17-12-7-5-11(15)6-8-12/h2-9,17-18H,1H3/b16-9+. The monoisotopic (exact) mass is 260 g/mol. The second-order valence-corrected chi connectivity index (χ2v) is 3.78. The van der Waals surface area contributed by atoms with Crippen LogP contribution in [0.25, 0.3) is 0 Å². The van der Waals surface area contributed by atoms with Crippen molar-refractivity contribution in [1.82, 2.24) is 0 Å². The summed E-state index contributed by atoms with van der Waals surface area (Å²) in [6, 6.07) is 10.9. The maximum Gasteiger partial charge on any atom is 0.166 e. The molecule has 0 spiro atoms. The highest BCUT2D eigenvalue weighted by Gasteiger charge is 2.04. The zero-order valence-corrected chi connectivity index (χ0v) is 10.3. The quantitative estimate of drug-likeness (QED) is 0.656. The molecule has 0 aliphatic heterocycles. The lowest BCUT2D eigenvalue weighted by molar-refractivity contribution is 0.373. The largest absolute Gasteiger partial charge is 0.504 e. The van der Waals surface area contributed by atoms with Gasteiger partial charge in [0.05, 0.1) is 19.0 Å². The van der Waals surface area contributed by atoms with Crippen LogP contribution in [0.4, 0.5) is 10.1 Å². The summed E-state index contributed by atoms with van der Waals surface area (Å²) in [6.07, 6.45) is 1.46. The summed E-state index contributed by atoms with van der Waals surface area (Å²) in [5.41, 5.74) is 3.91. The van der Waals surface area contributed by atoms with Crippen molar-refractivity contribution >= 4 is 11.9 Å². The molecule has 0 radical (unpaired) electrons. The second kappa shape index (κ2) is 5.86. The summed E-state index contributed by atoms with van der Waals surface area (Å²) in [5.74, 6) is 0.0976. The summed E-state index contributed by atoms with van der Waals surface area (Å²) >= 11 is 0. The van der Waals surface area contributed by atoms with Gasteiger partial charge in [0.25, 0.3) is 0 Å². The van der Waals surface area contributed by atoms with Crippen LogP contribution in [-0.4, -0.2) is 18.4 Å². The number of halogens is 1. The van der Waals surface area contributed by atoms with E-state index in [0.29, 0.717) is 17.0 Å². The lowest BCUT2D eigenvalue weighted by Crippen LogP contribution is -1.92. The second-order valence-electron chi connectivity index (χ2n) is 3.78. The van der Waals surface area contributed by atoms with Gasteiger partial charge in [0.2, 0.25) is 0 Å². The third-order valence-electron chi connectivity index (χ3n) is 2.49. The number of nitrogens with zero attached hydrogens (tertiary/aromatic N) is 1. The average molecular weight is 260 g/mol. The van der Waals surface area contributed by atoms with Crippen LogP contribution in [0.5, 0.6) is 11.5 Å². The van der Waals surface area contributed by atoms with Crippen LogP contribution >= 0.6 is 0 Å². The topological polar surface area (TPSA) is 53.8 Å². The van der Waals surface area contributed by atoms with E-state index in [2.05, 4.69) is 10.5 Å². The Bertz CT molecular complexity index is 582. The molecule has 2 aromatic carbocycles. The van der Waals surface area contributed by atoms with Crippen LogP contribution in [-0.2, 0) is 0 Å². The Morgan fingerprint density at radius 3 is 2.63 bits per heavy atom. The predicted octanol–water partition coefficient (Wildman–Crippen LogP) is 2.99. The summed E-state index contributed by atoms with van der Waals surface area (Å²) in [5, 5.41) is 13.8. The molecular weight excluding hydrogens is 247 g/mol. The Morgan fingerprint density at radius 2 is 1.95 bits per heavy atom. The van der Waals surface area contributed by atoms with Crippen molar-refractivity contribution in [3.63, 3.8) is 0 Å². The number of hydrazone groups is 1. The number of phenols is 1. The number of nitrogens with one attached hydrogen (secondary N) is 1. The number of para-hydroxylation sites is 1. The summed E-state index contributed by atoms with van der Waals surface area (Å²) in [7, 11) is 1.48. The molecule has 0 heterocycles. The van der Waals surface area contributed by atoms with Gasteiger partial charge in [0.1, 0.15) is 5.82 Å². The van der Waals surface area contributed by atoms with Gasteiger partial charge in [0, 0.05) is 5.56 Å². The lowest BCUT2D eigenvalue weighted by atomic mass is 10.2. The molecule has 2 aromatic rings. The molecular formula is C14H13FN2O2. The van der Waals surface area contributed by atoms with Crippen LogP contribution in [0, 0.1) is 5.82 Å². The molecule has 0 amide bonds. The first-order chi connectivity index (χ1) is 9.20. The predicted molar refractivity (Wildman–Crippen MR) is 72.3 cm³/mol. The zero-order valence-electron chi connectivity index (χ0n) is 10.3. The number of methoxy groups -OCH3 is 1. The van der Waals surface area contributed by atoms with Crippen molar-refractivity contribution in [3.05, 3.63) is 53.8 Å². The molecule has 0 aliphatic carbocycles. The first kappa shape index (κ1) is 12.9. The highest BCUT2D eigenvalue weighted by atomic mass is 19.1. The molecule has 2 rings (SSSR count). The minimum Gasteiger partial charge on any atom is -0.504 e. The van der Waals surface area contributed by atoms with E-state index in [-0.39, 0.29) is 11.6 Å². The van der Waals surface area contributed by atoms with Crippen LogP contribution in [0.1, 0.15) is 5.56 Å². The number of benzene rings is 2. The lowest BCUT2D eigenvalue weighted by Gasteiger charge is -2.05. The number of anilines is 1. The Labute approximate surface area is 110 Å². The molecule has 0 saturated heterocycles. The van der Waals surface area contributed by atoms with Gasteiger partial charge in [-0.2, -0.15) is 5.10 Å². The van der Waals surface area contributed by atoms with E-state index in [9.17, 15) is 9.50 Å². The molecule has 0 saturated carbocycles. The molecule has 0 atom stereocenters. The van der Waals surface area contributed by atoms with E-state index in [1.807, 2.05) is 0 Å². The van der Waals surface area contributed by atoms with Gasteiger partial charge < -0.3 is 9.84 Å². The van der Waals surface area contributed by atoms with Crippen molar-refractivity contribution in [1.29, 1.82) is 0 Å². The fourth-order valence-corrected chi connectivity index (χ4v) is 1.51. The van der Waals surface area contributed by atoms with Crippen LogP contribution < -0.4 is 10.2 Å². The van der Waals surface area contributed by atoms with E-state index >= 15 is 0 Å². The van der Waals surface area contributed by atoms with Crippen molar-refractivity contribution in [2.75, 3.05) is 12.5 Å². The Balaban J connectivity index is 2.09. The Morgan fingerprint density at radius 1 is 1.21 bits per heavy atom. The normalized spacial score (nSPS) is 10.6. The SMILES string of the molecule is COc1cccc(/C=N/Nc2ccc(F)cc2)c1O. The molecule has 98 valence electrons. The number of phenolic OH excluding ortho intramolecular Hbond substituents is 1. The number of ether oxygens (including phenoxy) is 1. The third kappa shape index (κ3) is 3.22. The smallest absolute Gasteiger partial charge is 0.166 e. The van der Waals surface area contributed by atoms with Crippen LogP contribution in [0.2, 0.25) is 0 Å². The molecule has 4 nitrogen and oxygen atoms in total. The molecule has 5 heteroatoms. The number of hydrogen-bond donors (Lipinski definition) is 2. The van der Waals surface area contributed by atoms with E-state index in [0.717, 1.165) is 0 Å². The summed E-state index contributed by atoms with van der Waals surface area (Å²) < 4.78 is 17.7. The van der Waals surface area contributed by atoms with Crippen LogP contribution in [0.3, 0.4) is 0 Å². The number of aromatic hydroxyl groups is 1. The fraction of sp³-hybridized carbons (Fsp3) is 0.0714. The maximum absolute atomic E-state index is 12.7. The maximum atomic E-state index is 12.7. The molecule has 0 aliphatic rings. The van der Waals surface area contributed by atoms with Crippen molar-refractivity contribution in [2.24, 2.45) is 5.10 Å². The summed E-state index contributed by atoms with van der Waals surface area (Å²) in [4.78, 5) is 0. The van der Waals surface area contributed by atoms with Gasteiger partial charge in [-0.05, 0) is 36.4 Å². The molecule has 0 fully saturated rings. The first-order valence-corrected chi connectivity index (χ1v) is 5.61. The number of hydrogen-bond acceptors (Lipinski definition) is 4. The van der Waals surface area contributed by atoms with Crippen molar-refractivity contribution in [2.45, 2.75) is 0 Å². The van der Waals surface area contributed by atoms with Gasteiger partial charge >= 0.3 is 0 Å². The minimum absolute atomic E-state index is 0.0228. The van der Waals surface area contributed by atoms with Crippen molar-refractivity contribution < 1.29 is 14.2 Å². The van der Waals surface area contributed by atoms with Crippen LogP contribution in [0.15, 0.2) is 47.6 Å².